The van der Waals surface area contributed by atoms with Gasteiger partial charge in [-0.25, -0.2) is 0 Å². The molecule has 1 N–H and O–H groups in total. The third kappa shape index (κ3) is 3.73. The summed E-state index contributed by atoms with van der Waals surface area (Å²) in [6.45, 7) is 2.09. The number of benzene rings is 1. The average molecular weight is 246 g/mol. The summed E-state index contributed by atoms with van der Waals surface area (Å²) in [6, 6.07) is 7.64. The standard InChI is InChI=1S/C11H13Cl2NO/c1-2-5-8-6-3-4-7-9(8)14-11(15)10(12)13/h3-4,6-7,10H,2,5H2,1H3,(H,14,15). The molecule has 1 aromatic rings. The van der Waals surface area contributed by atoms with Crippen LogP contribution in [0.4, 0.5) is 5.69 Å². The first-order valence-corrected chi connectivity index (χ1v) is 5.69. The van der Waals surface area contributed by atoms with Crippen molar-refractivity contribution >= 4 is 34.8 Å². The van der Waals surface area contributed by atoms with Crippen LogP contribution in [0.3, 0.4) is 0 Å². The molecule has 1 amide bonds. The van der Waals surface area contributed by atoms with Gasteiger partial charge in [-0.05, 0) is 18.1 Å². The maximum Gasteiger partial charge on any atom is 0.257 e. The first-order chi connectivity index (χ1) is 7.15. The molecule has 0 radical (unpaired) electrons. The molecule has 0 bridgehead atoms. The molecule has 0 heterocycles. The Labute approximate surface area is 99.6 Å². The molecule has 0 fully saturated rings. The van der Waals surface area contributed by atoms with Crippen molar-refractivity contribution in [3.63, 3.8) is 0 Å². The van der Waals surface area contributed by atoms with Crippen LogP contribution in [0.1, 0.15) is 18.9 Å². The SMILES string of the molecule is CCCc1ccccc1NC(=O)C(Cl)Cl. The minimum Gasteiger partial charge on any atom is -0.323 e. The van der Waals surface area contributed by atoms with Crippen LogP contribution in [-0.2, 0) is 11.2 Å². The lowest BCUT2D eigenvalue weighted by atomic mass is 10.1. The van der Waals surface area contributed by atoms with E-state index in [1.165, 1.54) is 0 Å². The van der Waals surface area contributed by atoms with Gasteiger partial charge in [-0.2, -0.15) is 0 Å². The van der Waals surface area contributed by atoms with E-state index in [-0.39, 0.29) is 5.91 Å². The minimum atomic E-state index is -1.03. The number of aryl methyl sites for hydroxylation is 1. The first-order valence-electron chi connectivity index (χ1n) is 4.82. The lowest BCUT2D eigenvalue weighted by Crippen LogP contribution is -2.19. The van der Waals surface area contributed by atoms with Crippen molar-refractivity contribution in [3.05, 3.63) is 29.8 Å². The third-order valence-corrected chi connectivity index (χ3v) is 2.39. The molecule has 0 saturated heterocycles. The number of anilines is 1. The van der Waals surface area contributed by atoms with Crippen molar-refractivity contribution in [3.8, 4) is 0 Å². The van der Waals surface area contributed by atoms with Gasteiger partial charge in [-0.1, -0.05) is 54.7 Å². The lowest BCUT2D eigenvalue weighted by molar-refractivity contribution is -0.114. The molecular weight excluding hydrogens is 233 g/mol. The summed E-state index contributed by atoms with van der Waals surface area (Å²) in [4.78, 5) is 10.3. The van der Waals surface area contributed by atoms with Crippen LogP contribution < -0.4 is 5.32 Å². The van der Waals surface area contributed by atoms with E-state index in [0.717, 1.165) is 24.1 Å². The summed E-state index contributed by atoms with van der Waals surface area (Å²) in [5.74, 6) is -0.387. The Morgan fingerprint density at radius 3 is 2.67 bits per heavy atom. The van der Waals surface area contributed by atoms with Gasteiger partial charge in [0.2, 0.25) is 0 Å². The van der Waals surface area contributed by atoms with Gasteiger partial charge in [0.25, 0.3) is 5.91 Å². The fourth-order valence-corrected chi connectivity index (χ4v) is 1.43. The van der Waals surface area contributed by atoms with E-state index in [1.54, 1.807) is 0 Å². The van der Waals surface area contributed by atoms with E-state index >= 15 is 0 Å². The van der Waals surface area contributed by atoms with E-state index in [4.69, 9.17) is 23.2 Å². The number of nitrogens with one attached hydrogen (secondary N) is 1. The zero-order valence-electron chi connectivity index (χ0n) is 8.47. The van der Waals surface area contributed by atoms with Crippen LogP contribution in [-0.4, -0.2) is 10.7 Å². The topological polar surface area (TPSA) is 29.1 Å². The summed E-state index contributed by atoms with van der Waals surface area (Å²) < 4.78 is 0. The lowest BCUT2D eigenvalue weighted by Gasteiger charge is -2.10. The Hall–Kier alpha value is -0.730. The molecule has 1 aromatic carbocycles. The Kier molecular flexibility index (Phi) is 4.92. The second-order valence-corrected chi connectivity index (χ2v) is 4.29. The van der Waals surface area contributed by atoms with Crippen molar-refractivity contribution in [1.29, 1.82) is 0 Å². The van der Waals surface area contributed by atoms with Crippen molar-refractivity contribution in [2.45, 2.75) is 24.6 Å². The summed E-state index contributed by atoms with van der Waals surface area (Å²) in [6.07, 6.45) is 1.95. The molecule has 0 spiro atoms. The molecule has 0 aliphatic carbocycles. The van der Waals surface area contributed by atoms with Gasteiger partial charge < -0.3 is 5.32 Å². The number of para-hydroxylation sites is 1. The molecule has 2 nitrogen and oxygen atoms in total. The number of amides is 1. The van der Waals surface area contributed by atoms with Crippen LogP contribution in [0, 0.1) is 0 Å². The van der Waals surface area contributed by atoms with Crippen molar-refractivity contribution in [1.82, 2.24) is 0 Å². The fraction of sp³-hybridized carbons (Fsp3) is 0.364. The minimum absolute atomic E-state index is 0.387. The zero-order chi connectivity index (χ0) is 11.3. The number of hydrogen-bond donors (Lipinski definition) is 1. The van der Waals surface area contributed by atoms with Crippen molar-refractivity contribution < 1.29 is 4.79 Å². The zero-order valence-corrected chi connectivity index (χ0v) is 9.98. The Balaban J connectivity index is 2.79. The Morgan fingerprint density at radius 2 is 2.07 bits per heavy atom. The number of carbonyl (C=O) groups excluding carboxylic acids is 1. The highest BCUT2D eigenvalue weighted by molar-refractivity contribution is 6.54. The maximum atomic E-state index is 11.3. The highest BCUT2D eigenvalue weighted by Gasteiger charge is 2.12. The van der Waals surface area contributed by atoms with E-state index in [9.17, 15) is 4.79 Å². The molecule has 0 aromatic heterocycles. The predicted molar refractivity (Wildman–Crippen MR) is 64.6 cm³/mol. The number of rotatable bonds is 4. The Bertz CT molecular complexity index is 339. The quantitative estimate of drug-likeness (QED) is 0.810. The fourth-order valence-electron chi connectivity index (χ4n) is 1.32. The van der Waals surface area contributed by atoms with Crippen LogP contribution >= 0.6 is 23.2 Å². The smallest absolute Gasteiger partial charge is 0.257 e. The highest BCUT2D eigenvalue weighted by atomic mass is 35.5. The molecule has 0 aliphatic heterocycles. The van der Waals surface area contributed by atoms with Crippen LogP contribution in [0.5, 0.6) is 0 Å². The van der Waals surface area contributed by atoms with Crippen molar-refractivity contribution in [2.75, 3.05) is 5.32 Å². The number of halogens is 2. The molecular formula is C11H13Cl2NO. The van der Waals surface area contributed by atoms with Gasteiger partial charge in [-0.3, -0.25) is 4.79 Å². The molecule has 0 aliphatic rings. The second-order valence-electron chi connectivity index (χ2n) is 3.20. The molecule has 0 unspecified atom stereocenters. The molecule has 1 rings (SSSR count). The second kappa shape index (κ2) is 5.99. The van der Waals surface area contributed by atoms with Crippen LogP contribution in [0.15, 0.2) is 24.3 Å². The number of alkyl halides is 2. The van der Waals surface area contributed by atoms with Gasteiger partial charge in [0.05, 0.1) is 0 Å². The first kappa shape index (κ1) is 12.3. The molecule has 82 valence electrons. The van der Waals surface area contributed by atoms with E-state index in [1.807, 2.05) is 24.3 Å². The summed E-state index contributed by atoms with van der Waals surface area (Å²) in [7, 11) is 0. The molecule has 0 saturated carbocycles. The highest BCUT2D eigenvalue weighted by Crippen LogP contribution is 2.18. The molecule has 15 heavy (non-hydrogen) atoms. The number of carbonyl (C=O) groups is 1. The van der Waals surface area contributed by atoms with E-state index < -0.39 is 4.84 Å². The normalized spacial score (nSPS) is 10.4. The summed E-state index contributed by atoms with van der Waals surface area (Å²) in [5, 5.41) is 2.69. The van der Waals surface area contributed by atoms with Gasteiger partial charge in [0.1, 0.15) is 0 Å². The molecule has 4 heteroatoms. The number of hydrogen-bond acceptors (Lipinski definition) is 1. The van der Waals surface area contributed by atoms with Gasteiger partial charge >= 0.3 is 0 Å². The predicted octanol–water partition coefficient (Wildman–Crippen LogP) is 3.38. The van der Waals surface area contributed by atoms with Gasteiger partial charge in [-0.15, -0.1) is 0 Å². The monoisotopic (exact) mass is 245 g/mol. The van der Waals surface area contributed by atoms with Crippen molar-refractivity contribution in [2.24, 2.45) is 0 Å². The largest absolute Gasteiger partial charge is 0.323 e. The summed E-state index contributed by atoms with van der Waals surface area (Å²) in [5.41, 5.74) is 1.89. The van der Waals surface area contributed by atoms with Crippen LogP contribution in [0.2, 0.25) is 0 Å². The Morgan fingerprint density at radius 1 is 1.40 bits per heavy atom. The summed E-state index contributed by atoms with van der Waals surface area (Å²) >= 11 is 10.9. The average Bonchev–Trinajstić information content (AvgIpc) is 2.21. The maximum absolute atomic E-state index is 11.3. The van der Waals surface area contributed by atoms with E-state index in [2.05, 4.69) is 12.2 Å². The van der Waals surface area contributed by atoms with Gasteiger partial charge in [0, 0.05) is 5.69 Å². The molecule has 0 atom stereocenters. The third-order valence-electron chi connectivity index (χ3n) is 1.99. The van der Waals surface area contributed by atoms with Crippen LogP contribution in [0.25, 0.3) is 0 Å². The van der Waals surface area contributed by atoms with E-state index in [0.29, 0.717) is 0 Å². The van der Waals surface area contributed by atoms with Gasteiger partial charge in [0.15, 0.2) is 4.84 Å².